The van der Waals surface area contributed by atoms with Crippen LogP contribution in [0.5, 0.6) is 0 Å². The minimum Gasteiger partial charge on any atom is -0.244 e. The van der Waals surface area contributed by atoms with Crippen molar-refractivity contribution in [3.05, 3.63) is 42.5 Å². The first-order valence-corrected chi connectivity index (χ1v) is 7.11. The molecule has 88 valence electrons. The Morgan fingerprint density at radius 3 is 2.44 bits per heavy atom. The van der Waals surface area contributed by atoms with Gasteiger partial charge in [0.1, 0.15) is 0 Å². The zero-order chi connectivity index (χ0) is 12.0. The molecule has 0 spiro atoms. The fourth-order valence-electron chi connectivity index (χ4n) is 1.37. The van der Waals surface area contributed by atoms with Gasteiger partial charge < -0.3 is 0 Å². The van der Waals surface area contributed by atoms with Gasteiger partial charge in [-0.3, -0.25) is 0 Å². The van der Waals surface area contributed by atoms with Crippen molar-refractivity contribution in [2.75, 3.05) is 12.8 Å². The SMILES string of the molecule is CN=S(=O)(C/C=C/C(C)C)c1ccccc1. The van der Waals surface area contributed by atoms with Crippen LogP contribution in [0, 0.1) is 5.92 Å². The van der Waals surface area contributed by atoms with E-state index < -0.39 is 9.73 Å². The highest BCUT2D eigenvalue weighted by atomic mass is 32.2. The molecule has 1 rings (SSSR count). The minimum absolute atomic E-state index is 0.483. The first kappa shape index (κ1) is 13.0. The van der Waals surface area contributed by atoms with E-state index in [4.69, 9.17) is 0 Å². The van der Waals surface area contributed by atoms with Gasteiger partial charge in [0.15, 0.2) is 0 Å². The van der Waals surface area contributed by atoms with Gasteiger partial charge in [0.2, 0.25) is 0 Å². The van der Waals surface area contributed by atoms with Crippen LogP contribution in [-0.2, 0) is 9.73 Å². The third-order valence-electron chi connectivity index (χ3n) is 2.25. The van der Waals surface area contributed by atoms with Crippen molar-refractivity contribution >= 4 is 9.73 Å². The maximum Gasteiger partial charge on any atom is 0.0785 e. The van der Waals surface area contributed by atoms with Gasteiger partial charge in [-0.2, -0.15) is 0 Å². The van der Waals surface area contributed by atoms with Crippen molar-refractivity contribution in [3.8, 4) is 0 Å². The molecule has 1 aromatic carbocycles. The van der Waals surface area contributed by atoms with E-state index in [1.54, 1.807) is 7.05 Å². The second kappa shape index (κ2) is 5.85. The zero-order valence-electron chi connectivity index (χ0n) is 10.1. The zero-order valence-corrected chi connectivity index (χ0v) is 10.9. The smallest absolute Gasteiger partial charge is 0.0785 e. The van der Waals surface area contributed by atoms with Gasteiger partial charge in [0, 0.05) is 11.9 Å². The Balaban J connectivity index is 2.93. The third-order valence-corrected chi connectivity index (χ3v) is 4.49. The van der Waals surface area contributed by atoms with Crippen molar-refractivity contribution in [3.63, 3.8) is 0 Å². The van der Waals surface area contributed by atoms with E-state index in [0.29, 0.717) is 11.7 Å². The molecule has 0 fully saturated rings. The lowest BCUT2D eigenvalue weighted by Crippen LogP contribution is -2.04. The first-order chi connectivity index (χ1) is 7.58. The van der Waals surface area contributed by atoms with Gasteiger partial charge >= 0.3 is 0 Å². The highest BCUT2D eigenvalue weighted by Crippen LogP contribution is 2.13. The Kier molecular flexibility index (Phi) is 4.74. The molecule has 2 nitrogen and oxygen atoms in total. The molecule has 1 atom stereocenters. The van der Waals surface area contributed by atoms with Crippen LogP contribution in [0.3, 0.4) is 0 Å². The second-order valence-electron chi connectivity index (χ2n) is 3.97. The lowest BCUT2D eigenvalue weighted by molar-refractivity contribution is 0.678. The molecule has 0 aromatic heterocycles. The average molecular weight is 237 g/mol. The van der Waals surface area contributed by atoms with E-state index in [9.17, 15) is 4.21 Å². The molecule has 0 bridgehead atoms. The van der Waals surface area contributed by atoms with Crippen LogP contribution in [0.2, 0.25) is 0 Å². The van der Waals surface area contributed by atoms with Crippen molar-refractivity contribution in [2.24, 2.45) is 10.3 Å². The molecule has 0 saturated carbocycles. The number of hydrogen-bond donors (Lipinski definition) is 0. The van der Waals surface area contributed by atoms with Crippen LogP contribution in [-0.4, -0.2) is 17.0 Å². The Morgan fingerprint density at radius 1 is 1.31 bits per heavy atom. The summed E-state index contributed by atoms with van der Waals surface area (Å²) in [5.41, 5.74) is 0. The Labute approximate surface area is 98.6 Å². The minimum atomic E-state index is -2.26. The molecule has 0 aliphatic heterocycles. The topological polar surface area (TPSA) is 29.4 Å². The summed E-state index contributed by atoms with van der Waals surface area (Å²) in [6.07, 6.45) is 4.03. The van der Waals surface area contributed by atoms with E-state index in [-0.39, 0.29) is 0 Å². The number of nitrogens with zero attached hydrogens (tertiary/aromatic N) is 1. The summed E-state index contributed by atoms with van der Waals surface area (Å²) in [5, 5.41) is 0. The van der Waals surface area contributed by atoms with E-state index in [1.807, 2.05) is 36.4 Å². The van der Waals surface area contributed by atoms with Crippen LogP contribution >= 0.6 is 0 Å². The van der Waals surface area contributed by atoms with Crippen molar-refractivity contribution in [1.82, 2.24) is 0 Å². The van der Waals surface area contributed by atoms with Gasteiger partial charge in [0.25, 0.3) is 0 Å². The van der Waals surface area contributed by atoms with Gasteiger partial charge in [-0.1, -0.05) is 44.2 Å². The van der Waals surface area contributed by atoms with Crippen molar-refractivity contribution < 1.29 is 4.21 Å². The van der Waals surface area contributed by atoms with Gasteiger partial charge in [-0.15, -0.1) is 0 Å². The Morgan fingerprint density at radius 2 is 1.94 bits per heavy atom. The lowest BCUT2D eigenvalue weighted by Gasteiger charge is -2.06. The normalized spacial score (nSPS) is 15.2. The quantitative estimate of drug-likeness (QED) is 0.738. The fourth-order valence-corrected chi connectivity index (χ4v) is 2.87. The highest BCUT2D eigenvalue weighted by molar-refractivity contribution is 7.93. The average Bonchev–Trinajstić information content (AvgIpc) is 2.29. The maximum atomic E-state index is 12.5. The Hall–Kier alpha value is -1.09. The number of hydrogen-bond acceptors (Lipinski definition) is 2. The molecule has 3 heteroatoms. The molecule has 0 aliphatic rings. The predicted molar refractivity (Wildman–Crippen MR) is 70.0 cm³/mol. The molecule has 1 unspecified atom stereocenters. The summed E-state index contributed by atoms with van der Waals surface area (Å²) in [5.74, 6) is 0.974. The molecule has 0 heterocycles. The predicted octanol–water partition coefficient (Wildman–Crippen LogP) is 3.36. The monoisotopic (exact) mass is 237 g/mol. The van der Waals surface area contributed by atoms with Gasteiger partial charge in [0.05, 0.1) is 15.5 Å². The van der Waals surface area contributed by atoms with Crippen LogP contribution < -0.4 is 0 Å². The van der Waals surface area contributed by atoms with E-state index in [0.717, 1.165) is 4.90 Å². The number of rotatable bonds is 4. The summed E-state index contributed by atoms with van der Waals surface area (Å²) >= 11 is 0. The highest BCUT2D eigenvalue weighted by Gasteiger charge is 2.08. The molecular formula is C13H19NOS. The summed E-state index contributed by atoms with van der Waals surface area (Å²) in [6.45, 7) is 4.20. The standard InChI is InChI=1S/C13H19NOS/c1-12(2)8-7-11-16(15,14-3)13-9-5-4-6-10-13/h4-10,12H,11H2,1-3H3/b8-7+. The number of allylic oxidation sites excluding steroid dienone is 1. The molecular weight excluding hydrogens is 218 g/mol. The molecule has 16 heavy (non-hydrogen) atoms. The van der Waals surface area contributed by atoms with Crippen LogP contribution in [0.15, 0.2) is 51.7 Å². The van der Waals surface area contributed by atoms with Crippen LogP contribution in [0.4, 0.5) is 0 Å². The molecule has 0 N–H and O–H groups in total. The fraction of sp³-hybridized carbons (Fsp3) is 0.385. The summed E-state index contributed by atoms with van der Waals surface area (Å²) in [4.78, 5) is 0.811. The molecule has 0 aliphatic carbocycles. The molecule has 0 radical (unpaired) electrons. The van der Waals surface area contributed by atoms with Gasteiger partial charge in [-0.05, 0) is 18.1 Å². The van der Waals surface area contributed by atoms with Crippen LogP contribution in [0.25, 0.3) is 0 Å². The lowest BCUT2D eigenvalue weighted by atomic mass is 10.2. The van der Waals surface area contributed by atoms with Crippen LogP contribution in [0.1, 0.15) is 13.8 Å². The van der Waals surface area contributed by atoms with Gasteiger partial charge in [-0.25, -0.2) is 8.57 Å². The summed E-state index contributed by atoms with van der Waals surface area (Å²) in [6, 6.07) is 9.46. The molecule has 0 saturated heterocycles. The first-order valence-electron chi connectivity index (χ1n) is 5.43. The van der Waals surface area contributed by atoms with E-state index in [2.05, 4.69) is 24.3 Å². The second-order valence-corrected chi connectivity index (χ2v) is 6.43. The molecule has 1 aromatic rings. The van der Waals surface area contributed by atoms with Crippen molar-refractivity contribution in [2.45, 2.75) is 18.7 Å². The number of benzene rings is 1. The summed E-state index contributed by atoms with van der Waals surface area (Å²) < 4.78 is 16.6. The van der Waals surface area contributed by atoms with E-state index >= 15 is 0 Å². The van der Waals surface area contributed by atoms with Crippen molar-refractivity contribution in [1.29, 1.82) is 0 Å². The largest absolute Gasteiger partial charge is 0.244 e. The molecule has 0 amide bonds. The van der Waals surface area contributed by atoms with E-state index in [1.165, 1.54) is 0 Å². The maximum absolute atomic E-state index is 12.5. The third kappa shape index (κ3) is 3.49. The summed E-state index contributed by atoms with van der Waals surface area (Å²) in [7, 11) is -0.640. The Bertz CT molecular complexity index is 454.